The summed E-state index contributed by atoms with van der Waals surface area (Å²) in [6.07, 6.45) is 2.54. The van der Waals surface area contributed by atoms with E-state index in [-0.39, 0.29) is 0 Å². The molecule has 0 amide bonds. The standard InChI is InChI=1S/C12H11ClN2O/c1-2-15-12(5-6-14-15)11-4-3-10(13)7-9(11)8-16/h3-8H,2H2,1H3. The molecule has 0 aliphatic carbocycles. The highest BCUT2D eigenvalue weighted by Crippen LogP contribution is 2.25. The second-order valence-corrected chi connectivity index (χ2v) is 3.82. The molecule has 0 fully saturated rings. The molecule has 2 rings (SSSR count). The highest BCUT2D eigenvalue weighted by molar-refractivity contribution is 6.31. The third kappa shape index (κ3) is 1.86. The number of hydrogen-bond acceptors (Lipinski definition) is 2. The Bertz CT molecular complexity index is 519. The van der Waals surface area contributed by atoms with Gasteiger partial charge in [-0.3, -0.25) is 9.48 Å². The summed E-state index contributed by atoms with van der Waals surface area (Å²) in [6, 6.07) is 7.17. The fraction of sp³-hybridized carbons (Fsp3) is 0.167. The van der Waals surface area contributed by atoms with Crippen LogP contribution in [0.5, 0.6) is 0 Å². The normalized spacial score (nSPS) is 10.4. The molecule has 82 valence electrons. The van der Waals surface area contributed by atoms with Crippen LogP contribution in [0.3, 0.4) is 0 Å². The maximum Gasteiger partial charge on any atom is 0.150 e. The highest BCUT2D eigenvalue weighted by Gasteiger charge is 2.09. The van der Waals surface area contributed by atoms with Gasteiger partial charge in [0.25, 0.3) is 0 Å². The van der Waals surface area contributed by atoms with E-state index in [1.165, 1.54) is 0 Å². The summed E-state index contributed by atoms with van der Waals surface area (Å²) in [7, 11) is 0. The molecule has 0 saturated heterocycles. The van der Waals surface area contributed by atoms with Crippen molar-refractivity contribution in [3.8, 4) is 11.3 Å². The molecule has 3 nitrogen and oxygen atoms in total. The zero-order chi connectivity index (χ0) is 11.5. The minimum atomic E-state index is 0.563. The van der Waals surface area contributed by atoms with Gasteiger partial charge in [-0.2, -0.15) is 5.10 Å². The van der Waals surface area contributed by atoms with Gasteiger partial charge >= 0.3 is 0 Å². The van der Waals surface area contributed by atoms with Crippen LogP contribution >= 0.6 is 11.6 Å². The van der Waals surface area contributed by atoms with Gasteiger partial charge in [-0.25, -0.2) is 0 Å². The van der Waals surface area contributed by atoms with Crippen molar-refractivity contribution in [3.05, 3.63) is 41.0 Å². The Labute approximate surface area is 98.7 Å². The SMILES string of the molecule is CCn1nccc1-c1ccc(Cl)cc1C=O. The quantitative estimate of drug-likeness (QED) is 0.766. The number of carbonyl (C=O) groups is 1. The number of rotatable bonds is 3. The van der Waals surface area contributed by atoms with Crippen molar-refractivity contribution in [2.75, 3.05) is 0 Å². The molecule has 0 aliphatic heterocycles. The lowest BCUT2D eigenvalue weighted by molar-refractivity contribution is 0.112. The van der Waals surface area contributed by atoms with E-state index < -0.39 is 0 Å². The number of hydrogen-bond donors (Lipinski definition) is 0. The third-order valence-electron chi connectivity index (χ3n) is 2.43. The van der Waals surface area contributed by atoms with Crippen LogP contribution in [-0.2, 0) is 6.54 Å². The van der Waals surface area contributed by atoms with Crippen molar-refractivity contribution in [3.63, 3.8) is 0 Å². The molecule has 0 spiro atoms. The monoisotopic (exact) mass is 234 g/mol. The molecular formula is C12H11ClN2O. The highest BCUT2D eigenvalue weighted by atomic mass is 35.5. The fourth-order valence-electron chi connectivity index (χ4n) is 1.68. The first-order chi connectivity index (χ1) is 7.76. The number of carbonyl (C=O) groups excluding carboxylic acids is 1. The van der Waals surface area contributed by atoms with E-state index in [1.54, 1.807) is 18.3 Å². The summed E-state index contributed by atoms with van der Waals surface area (Å²) in [5.74, 6) is 0. The molecule has 0 saturated carbocycles. The minimum Gasteiger partial charge on any atom is -0.298 e. The van der Waals surface area contributed by atoms with Crippen LogP contribution in [0.15, 0.2) is 30.5 Å². The van der Waals surface area contributed by atoms with E-state index in [2.05, 4.69) is 5.10 Å². The number of nitrogens with zero attached hydrogens (tertiary/aromatic N) is 2. The van der Waals surface area contributed by atoms with Crippen LogP contribution in [-0.4, -0.2) is 16.1 Å². The van der Waals surface area contributed by atoms with Gasteiger partial charge < -0.3 is 0 Å². The van der Waals surface area contributed by atoms with Crippen molar-refractivity contribution in [2.45, 2.75) is 13.5 Å². The average molecular weight is 235 g/mol. The largest absolute Gasteiger partial charge is 0.298 e. The van der Waals surface area contributed by atoms with Gasteiger partial charge in [-0.15, -0.1) is 0 Å². The van der Waals surface area contributed by atoms with Crippen molar-refractivity contribution >= 4 is 17.9 Å². The molecule has 0 N–H and O–H groups in total. The summed E-state index contributed by atoms with van der Waals surface area (Å²) in [6.45, 7) is 2.77. The van der Waals surface area contributed by atoms with Crippen LogP contribution in [0.4, 0.5) is 0 Å². The molecule has 0 bridgehead atoms. The molecule has 0 unspecified atom stereocenters. The average Bonchev–Trinajstić information content (AvgIpc) is 2.76. The third-order valence-corrected chi connectivity index (χ3v) is 2.67. The van der Waals surface area contributed by atoms with Gasteiger partial charge in [0.1, 0.15) is 0 Å². The van der Waals surface area contributed by atoms with E-state index in [9.17, 15) is 4.79 Å². The van der Waals surface area contributed by atoms with Crippen molar-refractivity contribution < 1.29 is 4.79 Å². The van der Waals surface area contributed by atoms with Crippen LogP contribution in [0.2, 0.25) is 5.02 Å². The maximum absolute atomic E-state index is 11.0. The molecule has 0 atom stereocenters. The first-order valence-corrected chi connectivity index (χ1v) is 5.41. The topological polar surface area (TPSA) is 34.9 Å². The van der Waals surface area contributed by atoms with E-state index >= 15 is 0 Å². The molecule has 4 heteroatoms. The van der Waals surface area contributed by atoms with Crippen molar-refractivity contribution in [1.82, 2.24) is 9.78 Å². The van der Waals surface area contributed by atoms with Crippen molar-refractivity contribution in [2.24, 2.45) is 0 Å². The summed E-state index contributed by atoms with van der Waals surface area (Å²) < 4.78 is 1.84. The molecular weight excluding hydrogens is 224 g/mol. The fourth-order valence-corrected chi connectivity index (χ4v) is 1.86. The first-order valence-electron chi connectivity index (χ1n) is 5.03. The summed E-state index contributed by atoms with van der Waals surface area (Å²) in [4.78, 5) is 11.0. The zero-order valence-corrected chi connectivity index (χ0v) is 9.61. The van der Waals surface area contributed by atoms with Gasteiger partial charge in [0.15, 0.2) is 6.29 Å². The van der Waals surface area contributed by atoms with Gasteiger partial charge in [0.2, 0.25) is 0 Å². The molecule has 1 aromatic carbocycles. The summed E-state index contributed by atoms with van der Waals surface area (Å²) in [5.41, 5.74) is 2.38. The van der Waals surface area contributed by atoms with Gasteiger partial charge in [0.05, 0.1) is 5.69 Å². The Morgan fingerprint density at radius 2 is 2.25 bits per heavy atom. The Morgan fingerprint density at radius 1 is 1.44 bits per heavy atom. The number of aryl methyl sites for hydroxylation is 1. The Hall–Kier alpha value is -1.61. The van der Waals surface area contributed by atoms with Gasteiger partial charge in [-0.05, 0) is 25.1 Å². The second-order valence-electron chi connectivity index (χ2n) is 3.38. The number of benzene rings is 1. The molecule has 1 aromatic heterocycles. The number of halogens is 1. The lowest BCUT2D eigenvalue weighted by Gasteiger charge is -2.07. The lowest BCUT2D eigenvalue weighted by atomic mass is 10.1. The smallest absolute Gasteiger partial charge is 0.150 e. The first kappa shape index (κ1) is 10.9. The van der Waals surface area contributed by atoms with Crippen LogP contribution in [0.25, 0.3) is 11.3 Å². The number of aromatic nitrogens is 2. The molecule has 0 aliphatic rings. The molecule has 2 aromatic rings. The Morgan fingerprint density at radius 3 is 2.94 bits per heavy atom. The second kappa shape index (κ2) is 4.49. The molecule has 16 heavy (non-hydrogen) atoms. The van der Waals surface area contributed by atoms with Gasteiger partial charge in [0, 0.05) is 28.9 Å². The van der Waals surface area contributed by atoms with Crippen LogP contribution in [0.1, 0.15) is 17.3 Å². The van der Waals surface area contributed by atoms with Gasteiger partial charge in [-0.1, -0.05) is 17.7 Å². The molecule has 1 heterocycles. The number of aldehydes is 1. The van der Waals surface area contributed by atoms with Crippen LogP contribution in [0, 0.1) is 0 Å². The predicted octanol–water partition coefficient (Wildman–Crippen LogP) is 3.04. The Balaban J connectivity index is 2.59. The summed E-state index contributed by atoms with van der Waals surface area (Å²) in [5, 5.41) is 4.74. The van der Waals surface area contributed by atoms with E-state index in [0.717, 1.165) is 24.1 Å². The van der Waals surface area contributed by atoms with E-state index in [4.69, 9.17) is 11.6 Å². The van der Waals surface area contributed by atoms with E-state index in [0.29, 0.717) is 10.6 Å². The van der Waals surface area contributed by atoms with Crippen LogP contribution < -0.4 is 0 Å². The lowest BCUT2D eigenvalue weighted by Crippen LogP contribution is -2.00. The summed E-state index contributed by atoms with van der Waals surface area (Å²) >= 11 is 5.85. The van der Waals surface area contributed by atoms with E-state index in [1.807, 2.05) is 23.7 Å². The maximum atomic E-state index is 11.0. The molecule has 0 radical (unpaired) electrons. The Kier molecular flexibility index (Phi) is 3.06. The minimum absolute atomic E-state index is 0.563. The van der Waals surface area contributed by atoms with Crippen molar-refractivity contribution in [1.29, 1.82) is 0 Å². The zero-order valence-electron chi connectivity index (χ0n) is 8.85. The predicted molar refractivity (Wildman–Crippen MR) is 63.7 cm³/mol.